The summed E-state index contributed by atoms with van der Waals surface area (Å²) in [7, 11) is -3.59. The van der Waals surface area contributed by atoms with Gasteiger partial charge in [0.2, 0.25) is 10.0 Å². The number of nitrogens with one attached hydrogen (secondary N) is 1. The normalized spacial score (nSPS) is 12.4. The molecule has 76 heavy (non-hydrogen) atoms. The topological polar surface area (TPSA) is 139 Å². The number of nitrogens with zero attached hydrogens (tertiary/aromatic N) is 1. The van der Waals surface area contributed by atoms with Crippen LogP contribution < -0.4 is 4.72 Å². The Morgan fingerprint density at radius 3 is 1.17 bits per heavy atom. The van der Waals surface area contributed by atoms with Crippen LogP contribution in [-0.2, 0) is 48.0 Å². The Hall–Kier alpha value is -3.17. The van der Waals surface area contributed by atoms with Crippen LogP contribution in [0.1, 0.15) is 226 Å². The SMILES string of the molecule is CC/C=C\CCCCOC(CCC(=O)OCCCCCCCN(CCCCCCCOC(=O)CCC(OCCCC/C=C\CC)OCCCC/C=C\CC)CCNS(=O)(=O)c1ccc(C)cc1)OCCCC/C=C\CC. The quantitative estimate of drug-likeness (QED) is 0.0289. The van der Waals surface area contributed by atoms with Crippen LogP contribution >= 0.6 is 0 Å². The fourth-order valence-corrected chi connectivity index (χ4v) is 9.30. The lowest BCUT2D eigenvalue weighted by molar-refractivity contribution is -0.159. The summed E-state index contributed by atoms with van der Waals surface area (Å²) in [5.74, 6) is -0.408. The van der Waals surface area contributed by atoms with Crippen LogP contribution in [-0.4, -0.2) is 104 Å². The fourth-order valence-electron chi connectivity index (χ4n) is 8.28. The van der Waals surface area contributed by atoms with Crippen LogP contribution in [0.3, 0.4) is 0 Å². The van der Waals surface area contributed by atoms with Gasteiger partial charge in [-0.3, -0.25) is 9.59 Å². The lowest BCUT2D eigenvalue weighted by atomic mass is 10.1. The van der Waals surface area contributed by atoms with Gasteiger partial charge in [-0.15, -0.1) is 0 Å². The van der Waals surface area contributed by atoms with E-state index in [1.165, 1.54) is 0 Å². The Morgan fingerprint density at radius 1 is 0.461 bits per heavy atom. The van der Waals surface area contributed by atoms with Gasteiger partial charge in [-0.05, 0) is 161 Å². The van der Waals surface area contributed by atoms with E-state index in [0.29, 0.717) is 65.6 Å². The highest BCUT2D eigenvalue weighted by Crippen LogP contribution is 2.15. The molecule has 0 aromatic heterocycles. The predicted octanol–water partition coefficient (Wildman–Crippen LogP) is 15.4. The summed E-state index contributed by atoms with van der Waals surface area (Å²) in [6, 6.07) is 6.94. The van der Waals surface area contributed by atoms with Crippen molar-refractivity contribution in [1.29, 1.82) is 0 Å². The van der Waals surface area contributed by atoms with E-state index in [2.05, 4.69) is 85.9 Å². The number of hydrogen-bond donors (Lipinski definition) is 1. The highest BCUT2D eigenvalue weighted by molar-refractivity contribution is 7.89. The van der Waals surface area contributed by atoms with E-state index in [1.54, 1.807) is 12.1 Å². The van der Waals surface area contributed by atoms with Gasteiger partial charge in [0.05, 0.1) is 31.0 Å². The molecular weight excluding hydrogens is 977 g/mol. The highest BCUT2D eigenvalue weighted by atomic mass is 32.2. The monoisotopic (exact) mass is 1090 g/mol. The number of sulfonamides is 1. The summed E-state index contributed by atoms with van der Waals surface area (Å²) in [5.41, 5.74) is 1.02. The number of ether oxygens (including phenoxy) is 6. The minimum atomic E-state index is -3.59. The first-order valence-corrected chi connectivity index (χ1v) is 31.8. The predicted molar refractivity (Wildman–Crippen MR) is 314 cm³/mol. The maximum atomic E-state index is 13.0. The van der Waals surface area contributed by atoms with Crippen LogP contribution in [0, 0.1) is 6.92 Å². The third kappa shape index (κ3) is 44.8. The molecule has 0 saturated heterocycles. The molecule has 1 N–H and O–H groups in total. The van der Waals surface area contributed by atoms with Gasteiger partial charge in [0.1, 0.15) is 0 Å². The summed E-state index contributed by atoms with van der Waals surface area (Å²) in [6.45, 7) is 16.6. The Labute approximate surface area is 465 Å². The molecule has 0 atom stereocenters. The number of aryl methyl sites for hydroxylation is 1. The largest absolute Gasteiger partial charge is 0.466 e. The molecule has 1 aromatic carbocycles. The molecule has 0 saturated carbocycles. The van der Waals surface area contributed by atoms with Crippen molar-refractivity contribution in [3.05, 3.63) is 78.4 Å². The maximum absolute atomic E-state index is 13.0. The molecule has 438 valence electrons. The number of allylic oxidation sites excluding steroid dienone is 8. The van der Waals surface area contributed by atoms with E-state index in [0.717, 1.165) is 186 Å². The highest BCUT2D eigenvalue weighted by Gasteiger charge is 2.17. The molecule has 0 aliphatic carbocycles. The Morgan fingerprint density at radius 2 is 0.803 bits per heavy atom. The van der Waals surface area contributed by atoms with Gasteiger partial charge in [-0.1, -0.05) is 133 Å². The molecule has 0 fully saturated rings. The van der Waals surface area contributed by atoms with Gasteiger partial charge < -0.3 is 33.3 Å². The average molecular weight is 1090 g/mol. The van der Waals surface area contributed by atoms with Crippen LogP contribution in [0.15, 0.2) is 77.8 Å². The van der Waals surface area contributed by atoms with Crippen LogP contribution in [0.4, 0.5) is 0 Å². The standard InChI is InChI=1S/C63H110N2O10S/c1-6-10-14-18-26-36-54-72-62(73-55-37-27-19-15-11-7-2)46-44-60(66)70-52-34-30-22-24-32-49-65(51-48-64-76(68,69)59-42-40-58(5)41-43-59)50-33-25-23-31-35-53-71-61(67)45-47-63(74-56-38-28-20-16-12-8-3)75-57-39-29-21-17-13-9-4/h10-17,40-43,62-64H,6-9,18-39,44-57H2,1-5H3/b14-10-,15-11-,16-12-,17-13-. The molecule has 1 aromatic rings. The molecule has 0 spiro atoms. The van der Waals surface area contributed by atoms with E-state index in [4.69, 9.17) is 28.4 Å². The maximum Gasteiger partial charge on any atom is 0.305 e. The van der Waals surface area contributed by atoms with Crippen molar-refractivity contribution in [2.45, 2.75) is 245 Å². The number of esters is 2. The van der Waals surface area contributed by atoms with Gasteiger partial charge in [0, 0.05) is 52.4 Å². The van der Waals surface area contributed by atoms with Crippen molar-refractivity contribution < 1.29 is 46.4 Å². The average Bonchev–Trinajstić information content (AvgIpc) is 3.41. The van der Waals surface area contributed by atoms with E-state index in [1.807, 2.05) is 19.1 Å². The molecule has 0 aliphatic rings. The molecule has 0 heterocycles. The molecule has 0 unspecified atom stereocenters. The van der Waals surface area contributed by atoms with Crippen LogP contribution in [0.25, 0.3) is 0 Å². The number of unbranched alkanes of at least 4 members (excludes halogenated alkanes) is 16. The molecule has 0 bridgehead atoms. The second kappa shape index (κ2) is 52.5. The van der Waals surface area contributed by atoms with Crippen molar-refractivity contribution in [3.63, 3.8) is 0 Å². The number of hydrogen-bond acceptors (Lipinski definition) is 11. The summed E-state index contributed by atoms with van der Waals surface area (Å²) >= 11 is 0. The Bertz CT molecular complexity index is 1580. The number of carbonyl (C=O) groups is 2. The summed E-state index contributed by atoms with van der Waals surface area (Å²) in [6.07, 6.45) is 44.8. The van der Waals surface area contributed by atoms with E-state index in [-0.39, 0.29) is 29.7 Å². The first-order valence-electron chi connectivity index (χ1n) is 30.3. The Kier molecular flexibility index (Phi) is 49.0. The fraction of sp³-hybridized carbons (Fsp3) is 0.746. The molecule has 12 nitrogen and oxygen atoms in total. The van der Waals surface area contributed by atoms with Gasteiger partial charge in [0.25, 0.3) is 0 Å². The minimum Gasteiger partial charge on any atom is -0.466 e. The second-order valence-electron chi connectivity index (χ2n) is 20.0. The zero-order valence-electron chi connectivity index (χ0n) is 48.8. The van der Waals surface area contributed by atoms with Crippen molar-refractivity contribution in [3.8, 4) is 0 Å². The third-order valence-electron chi connectivity index (χ3n) is 12.9. The van der Waals surface area contributed by atoms with Crippen molar-refractivity contribution >= 4 is 22.0 Å². The minimum absolute atomic E-state index is 0.204. The molecular formula is C63H110N2O10S. The Balaban J connectivity index is 2.48. The number of carbonyl (C=O) groups excluding carboxylic acids is 2. The molecule has 0 radical (unpaired) electrons. The van der Waals surface area contributed by atoms with Gasteiger partial charge in [0.15, 0.2) is 12.6 Å². The van der Waals surface area contributed by atoms with Crippen molar-refractivity contribution in [2.75, 3.05) is 65.8 Å². The van der Waals surface area contributed by atoms with Crippen molar-refractivity contribution in [1.82, 2.24) is 9.62 Å². The molecule has 0 aliphatic heterocycles. The number of rotatable bonds is 55. The first-order chi connectivity index (χ1) is 37.1. The molecule has 0 amide bonds. The smallest absolute Gasteiger partial charge is 0.305 e. The summed E-state index contributed by atoms with van der Waals surface area (Å²) in [5, 5.41) is 0. The van der Waals surface area contributed by atoms with Gasteiger partial charge in [-0.25, -0.2) is 13.1 Å². The van der Waals surface area contributed by atoms with Crippen LogP contribution in [0.5, 0.6) is 0 Å². The van der Waals surface area contributed by atoms with Gasteiger partial charge in [-0.2, -0.15) is 0 Å². The zero-order chi connectivity index (χ0) is 55.3. The summed E-state index contributed by atoms with van der Waals surface area (Å²) < 4.78 is 64.4. The lowest BCUT2D eigenvalue weighted by Crippen LogP contribution is -2.36. The summed E-state index contributed by atoms with van der Waals surface area (Å²) in [4.78, 5) is 28.0. The molecule has 1 rings (SSSR count). The first kappa shape index (κ1) is 70.8. The third-order valence-corrected chi connectivity index (χ3v) is 14.3. The lowest BCUT2D eigenvalue weighted by Gasteiger charge is -2.22. The number of benzene rings is 1. The van der Waals surface area contributed by atoms with Crippen molar-refractivity contribution in [2.24, 2.45) is 0 Å². The van der Waals surface area contributed by atoms with E-state index in [9.17, 15) is 18.0 Å². The van der Waals surface area contributed by atoms with E-state index < -0.39 is 22.6 Å². The zero-order valence-corrected chi connectivity index (χ0v) is 49.6. The second-order valence-corrected chi connectivity index (χ2v) is 21.7. The molecule has 13 heteroatoms. The van der Waals surface area contributed by atoms with Crippen LogP contribution in [0.2, 0.25) is 0 Å². The van der Waals surface area contributed by atoms with Gasteiger partial charge >= 0.3 is 11.9 Å². The van der Waals surface area contributed by atoms with E-state index >= 15 is 0 Å².